The molecule has 1 aromatic carbocycles. The second kappa shape index (κ2) is 6.90. The van der Waals surface area contributed by atoms with Gasteiger partial charge in [-0.3, -0.25) is 9.69 Å². The van der Waals surface area contributed by atoms with E-state index in [4.69, 9.17) is 16.3 Å². The number of hydrogen-bond acceptors (Lipinski definition) is 4. The molecule has 2 heterocycles. The lowest BCUT2D eigenvalue weighted by atomic mass is 9.96. The minimum Gasteiger partial charge on any atom is -0.480 e. The molecule has 0 aromatic heterocycles. The van der Waals surface area contributed by atoms with Crippen molar-refractivity contribution in [2.75, 3.05) is 26.2 Å². The molecule has 1 aromatic rings. The van der Waals surface area contributed by atoms with Crippen LogP contribution in [0.5, 0.6) is 0 Å². The molecule has 136 valence electrons. The average Bonchev–Trinajstić information content (AvgIpc) is 2.94. The standard InChI is InChI=1S/C17H20ClFN2O4/c1-2-20-7-5-17(6-8-20)21(14(10-25-17)16(23)24)15(22)12-4-3-11(18)9-13(12)19/h3-4,9,14H,2,5-8,10H2,1H3,(H,23,24)/t14-/m0/s1. The molecule has 0 radical (unpaired) electrons. The van der Waals surface area contributed by atoms with Crippen LogP contribution in [0.2, 0.25) is 5.02 Å². The van der Waals surface area contributed by atoms with Gasteiger partial charge in [0.25, 0.3) is 5.91 Å². The molecule has 1 atom stereocenters. The first-order valence-electron chi connectivity index (χ1n) is 8.26. The zero-order valence-corrected chi connectivity index (χ0v) is 14.6. The zero-order chi connectivity index (χ0) is 18.2. The lowest BCUT2D eigenvalue weighted by Crippen LogP contribution is -2.58. The third-order valence-electron chi connectivity index (χ3n) is 5.01. The van der Waals surface area contributed by atoms with Gasteiger partial charge in [-0.2, -0.15) is 0 Å². The first kappa shape index (κ1) is 18.1. The van der Waals surface area contributed by atoms with E-state index in [1.54, 1.807) is 0 Å². The number of nitrogens with zero attached hydrogens (tertiary/aromatic N) is 2. The Morgan fingerprint density at radius 1 is 1.40 bits per heavy atom. The summed E-state index contributed by atoms with van der Waals surface area (Å²) in [5, 5.41) is 9.68. The predicted molar refractivity (Wildman–Crippen MR) is 89.0 cm³/mol. The number of carboxylic acid groups (broad SMARTS) is 1. The Hall–Kier alpha value is -1.70. The first-order valence-corrected chi connectivity index (χ1v) is 8.63. The second-order valence-electron chi connectivity index (χ2n) is 6.34. The van der Waals surface area contributed by atoms with Crippen molar-refractivity contribution in [1.29, 1.82) is 0 Å². The van der Waals surface area contributed by atoms with Gasteiger partial charge in [0.2, 0.25) is 0 Å². The highest BCUT2D eigenvalue weighted by atomic mass is 35.5. The minimum absolute atomic E-state index is 0.0948. The summed E-state index contributed by atoms with van der Waals surface area (Å²) in [6, 6.07) is 2.62. The van der Waals surface area contributed by atoms with E-state index in [1.807, 2.05) is 6.92 Å². The number of piperidine rings is 1. The quantitative estimate of drug-likeness (QED) is 0.883. The fourth-order valence-corrected chi connectivity index (χ4v) is 3.73. The number of aliphatic carboxylic acids is 1. The van der Waals surface area contributed by atoms with E-state index in [2.05, 4.69) is 4.90 Å². The minimum atomic E-state index is -1.16. The predicted octanol–water partition coefficient (Wildman–Crippen LogP) is 2.22. The lowest BCUT2D eigenvalue weighted by molar-refractivity contribution is -0.143. The van der Waals surface area contributed by atoms with E-state index in [1.165, 1.54) is 17.0 Å². The number of likely N-dealkylation sites (tertiary alicyclic amines) is 1. The number of carbonyl (C=O) groups is 2. The second-order valence-corrected chi connectivity index (χ2v) is 6.78. The van der Waals surface area contributed by atoms with E-state index >= 15 is 0 Å². The number of carbonyl (C=O) groups excluding carboxylic acids is 1. The Kier molecular flexibility index (Phi) is 4.99. The van der Waals surface area contributed by atoms with Gasteiger partial charge in [0.1, 0.15) is 11.5 Å². The van der Waals surface area contributed by atoms with Crippen LogP contribution in [-0.2, 0) is 9.53 Å². The Morgan fingerprint density at radius 2 is 2.08 bits per heavy atom. The summed E-state index contributed by atoms with van der Waals surface area (Å²) in [5.74, 6) is -2.60. The van der Waals surface area contributed by atoms with Crippen LogP contribution in [0.25, 0.3) is 0 Å². The molecule has 0 aliphatic carbocycles. The van der Waals surface area contributed by atoms with Crippen LogP contribution >= 0.6 is 11.6 Å². The maximum Gasteiger partial charge on any atom is 0.328 e. The Labute approximate surface area is 150 Å². The van der Waals surface area contributed by atoms with Gasteiger partial charge < -0.3 is 14.7 Å². The first-order chi connectivity index (χ1) is 11.9. The van der Waals surface area contributed by atoms with Gasteiger partial charge in [0, 0.05) is 31.0 Å². The van der Waals surface area contributed by atoms with Crippen LogP contribution < -0.4 is 0 Å². The number of carboxylic acids is 1. The maximum absolute atomic E-state index is 14.2. The van der Waals surface area contributed by atoms with Crippen LogP contribution in [0.3, 0.4) is 0 Å². The van der Waals surface area contributed by atoms with Crippen molar-refractivity contribution in [2.45, 2.75) is 31.5 Å². The fourth-order valence-electron chi connectivity index (χ4n) is 3.57. The van der Waals surface area contributed by atoms with Crippen LogP contribution in [0.1, 0.15) is 30.1 Å². The summed E-state index contributed by atoms with van der Waals surface area (Å²) in [6.07, 6.45) is 0.983. The molecule has 3 rings (SSSR count). The fraction of sp³-hybridized carbons (Fsp3) is 0.529. The van der Waals surface area contributed by atoms with E-state index in [0.717, 1.165) is 12.6 Å². The van der Waals surface area contributed by atoms with Gasteiger partial charge in [0.05, 0.1) is 12.2 Å². The van der Waals surface area contributed by atoms with Crippen LogP contribution in [0.4, 0.5) is 4.39 Å². The summed E-state index contributed by atoms with van der Waals surface area (Å²) >= 11 is 5.75. The Balaban J connectivity index is 1.95. The molecule has 2 aliphatic rings. The number of benzene rings is 1. The van der Waals surface area contributed by atoms with Crippen molar-refractivity contribution in [3.63, 3.8) is 0 Å². The summed E-state index contributed by atoms with van der Waals surface area (Å²) in [4.78, 5) is 28.1. The van der Waals surface area contributed by atoms with Crippen LogP contribution in [0.15, 0.2) is 18.2 Å². The molecule has 2 fully saturated rings. The van der Waals surface area contributed by atoms with Gasteiger partial charge >= 0.3 is 5.97 Å². The molecule has 0 bridgehead atoms. The van der Waals surface area contributed by atoms with Crippen molar-refractivity contribution < 1.29 is 23.8 Å². The zero-order valence-electron chi connectivity index (χ0n) is 13.9. The third kappa shape index (κ3) is 3.23. The maximum atomic E-state index is 14.2. The average molecular weight is 371 g/mol. The van der Waals surface area contributed by atoms with E-state index in [0.29, 0.717) is 25.9 Å². The highest BCUT2D eigenvalue weighted by molar-refractivity contribution is 6.30. The summed E-state index contributed by atoms with van der Waals surface area (Å²) in [5.41, 5.74) is -1.20. The molecule has 25 heavy (non-hydrogen) atoms. The summed E-state index contributed by atoms with van der Waals surface area (Å²) in [7, 11) is 0. The van der Waals surface area contributed by atoms with Crippen molar-refractivity contribution in [1.82, 2.24) is 9.80 Å². The van der Waals surface area contributed by atoms with Gasteiger partial charge in [0.15, 0.2) is 6.04 Å². The normalized spacial score (nSPS) is 23.2. The van der Waals surface area contributed by atoms with Crippen molar-refractivity contribution in [3.8, 4) is 0 Å². The van der Waals surface area contributed by atoms with Crippen molar-refractivity contribution in [2.24, 2.45) is 0 Å². The van der Waals surface area contributed by atoms with E-state index < -0.39 is 29.5 Å². The number of hydrogen-bond donors (Lipinski definition) is 1. The molecule has 6 nitrogen and oxygen atoms in total. The molecule has 8 heteroatoms. The molecule has 0 unspecified atom stereocenters. The van der Waals surface area contributed by atoms with Gasteiger partial charge in [-0.25, -0.2) is 9.18 Å². The Morgan fingerprint density at radius 3 is 2.64 bits per heavy atom. The van der Waals surface area contributed by atoms with E-state index in [-0.39, 0.29) is 17.2 Å². The van der Waals surface area contributed by atoms with Crippen molar-refractivity contribution in [3.05, 3.63) is 34.6 Å². The van der Waals surface area contributed by atoms with Gasteiger partial charge in [-0.05, 0) is 24.7 Å². The van der Waals surface area contributed by atoms with E-state index in [9.17, 15) is 19.1 Å². The van der Waals surface area contributed by atoms with Crippen LogP contribution in [-0.4, -0.2) is 64.8 Å². The molecule has 0 saturated carbocycles. The number of rotatable bonds is 3. The molecule has 2 aliphatic heterocycles. The molecular formula is C17H20ClFN2O4. The van der Waals surface area contributed by atoms with Gasteiger partial charge in [-0.1, -0.05) is 18.5 Å². The molecular weight excluding hydrogens is 351 g/mol. The highest BCUT2D eigenvalue weighted by Gasteiger charge is 2.54. The molecule has 2 saturated heterocycles. The topological polar surface area (TPSA) is 70.1 Å². The number of ether oxygens (including phenoxy) is 1. The largest absolute Gasteiger partial charge is 0.480 e. The summed E-state index contributed by atoms with van der Waals surface area (Å²) in [6.45, 7) is 4.20. The highest BCUT2D eigenvalue weighted by Crippen LogP contribution is 2.38. The van der Waals surface area contributed by atoms with Gasteiger partial charge in [-0.15, -0.1) is 0 Å². The molecule has 1 spiro atoms. The van der Waals surface area contributed by atoms with Crippen molar-refractivity contribution >= 4 is 23.5 Å². The third-order valence-corrected chi connectivity index (χ3v) is 5.25. The number of halogens is 2. The smallest absolute Gasteiger partial charge is 0.328 e. The molecule has 1 N–H and O–H groups in total. The monoisotopic (exact) mass is 370 g/mol. The summed E-state index contributed by atoms with van der Waals surface area (Å²) < 4.78 is 20.0. The number of amides is 1. The lowest BCUT2D eigenvalue weighted by Gasteiger charge is -2.44. The van der Waals surface area contributed by atoms with Crippen LogP contribution in [0, 0.1) is 5.82 Å². The Bertz CT molecular complexity index is 691. The SMILES string of the molecule is CCN1CCC2(CC1)OC[C@@H](C(=O)O)N2C(=O)c1ccc(Cl)cc1F. The molecule has 1 amide bonds.